The highest BCUT2D eigenvalue weighted by Crippen LogP contribution is 2.45. The molecule has 1 aliphatic rings. The standard InChI is InChI=1S/C12H11N3S/c13-9-3-1-2-8(6-9)12-15-10-4-5-14-7-11(10)16-12/h1-7,12,15H,13H2. The molecule has 4 heteroatoms. The second-order valence-corrected chi connectivity index (χ2v) is 4.83. The third-order valence-corrected chi connectivity index (χ3v) is 3.73. The van der Waals surface area contributed by atoms with E-state index in [1.807, 2.05) is 30.5 Å². The summed E-state index contributed by atoms with van der Waals surface area (Å²) >= 11 is 1.77. The molecular weight excluding hydrogens is 218 g/mol. The lowest BCUT2D eigenvalue weighted by Gasteiger charge is -2.10. The molecule has 16 heavy (non-hydrogen) atoms. The van der Waals surface area contributed by atoms with E-state index in [1.165, 1.54) is 10.5 Å². The van der Waals surface area contributed by atoms with Gasteiger partial charge in [0.05, 0.1) is 10.6 Å². The van der Waals surface area contributed by atoms with Gasteiger partial charge in [-0.2, -0.15) is 0 Å². The van der Waals surface area contributed by atoms with Crippen LogP contribution in [0.1, 0.15) is 10.9 Å². The first kappa shape index (κ1) is 9.54. The van der Waals surface area contributed by atoms with Crippen molar-refractivity contribution in [1.82, 2.24) is 4.98 Å². The van der Waals surface area contributed by atoms with Crippen LogP contribution in [0.3, 0.4) is 0 Å². The molecule has 0 fully saturated rings. The smallest absolute Gasteiger partial charge is 0.103 e. The monoisotopic (exact) mass is 229 g/mol. The highest BCUT2D eigenvalue weighted by Gasteiger charge is 2.22. The van der Waals surface area contributed by atoms with Crippen LogP contribution in [0.2, 0.25) is 0 Å². The van der Waals surface area contributed by atoms with Gasteiger partial charge in [-0.25, -0.2) is 0 Å². The maximum Gasteiger partial charge on any atom is 0.103 e. The lowest BCUT2D eigenvalue weighted by Crippen LogP contribution is -2.01. The fourth-order valence-corrected chi connectivity index (χ4v) is 2.86. The van der Waals surface area contributed by atoms with E-state index in [9.17, 15) is 0 Å². The number of anilines is 2. The van der Waals surface area contributed by atoms with Gasteiger partial charge in [-0.15, -0.1) is 0 Å². The van der Waals surface area contributed by atoms with Gasteiger partial charge < -0.3 is 11.1 Å². The molecule has 2 aromatic rings. The molecule has 0 amide bonds. The Kier molecular flexibility index (Phi) is 2.22. The number of nitrogens with zero attached hydrogens (tertiary/aromatic N) is 1. The summed E-state index contributed by atoms with van der Waals surface area (Å²) < 4.78 is 0. The van der Waals surface area contributed by atoms with Crippen molar-refractivity contribution in [3.05, 3.63) is 48.3 Å². The Morgan fingerprint density at radius 3 is 3.06 bits per heavy atom. The average molecular weight is 229 g/mol. The van der Waals surface area contributed by atoms with Crippen LogP contribution in [0.25, 0.3) is 0 Å². The van der Waals surface area contributed by atoms with Crippen LogP contribution in [0.5, 0.6) is 0 Å². The Morgan fingerprint density at radius 1 is 1.31 bits per heavy atom. The molecule has 0 radical (unpaired) electrons. The summed E-state index contributed by atoms with van der Waals surface area (Å²) in [6, 6.07) is 9.96. The van der Waals surface area contributed by atoms with Crippen molar-refractivity contribution in [2.24, 2.45) is 0 Å². The second-order valence-electron chi connectivity index (χ2n) is 3.68. The summed E-state index contributed by atoms with van der Waals surface area (Å²) in [5.74, 6) is 0. The van der Waals surface area contributed by atoms with Gasteiger partial charge >= 0.3 is 0 Å². The fraction of sp³-hybridized carbons (Fsp3) is 0.0833. The lowest BCUT2D eigenvalue weighted by molar-refractivity contribution is 1.13. The zero-order chi connectivity index (χ0) is 11.0. The zero-order valence-corrected chi connectivity index (χ0v) is 9.37. The minimum atomic E-state index is 0.239. The summed E-state index contributed by atoms with van der Waals surface area (Å²) in [6.45, 7) is 0. The van der Waals surface area contributed by atoms with Crippen molar-refractivity contribution in [2.45, 2.75) is 10.3 Å². The molecular formula is C12H11N3S. The third kappa shape index (κ3) is 1.61. The number of benzene rings is 1. The van der Waals surface area contributed by atoms with Gasteiger partial charge in [0.2, 0.25) is 0 Å². The van der Waals surface area contributed by atoms with Crippen molar-refractivity contribution >= 4 is 23.1 Å². The van der Waals surface area contributed by atoms with Crippen LogP contribution < -0.4 is 11.1 Å². The fourth-order valence-electron chi connectivity index (χ4n) is 1.76. The van der Waals surface area contributed by atoms with E-state index >= 15 is 0 Å². The Morgan fingerprint density at radius 2 is 2.25 bits per heavy atom. The zero-order valence-electron chi connectivity index (χ0n) is 8.55. The van der Waals surface area contributed by atoms with Crippen LogP contribution in [0, 0.1) is 0 Å². The molecule has 2 heterocycles. The number of nitrogens with two attached hydrogens (primary N) is 1. The summed E-state index contributed by atoms with van der Waals surface area (Å²) in [4.78, 5) is 5.31. The van der Waals surface area contributed by atoms with Gasteiger partial charge in [-0.05, 0) is 23.8 Å². The van der Waals surface area contributed by atoms with E-state index < -0.39 is 0 Å². The van der Waals surface area contributed by atoms with Crippen LogP contribution >= 0.6 is 11.8 Å². The minimum absolute atomic E-state index is 0.239. The highest BCUT2D eigenvalue weighted by atomic mass is 32.2. The first-order valence-corrected chi connectivity index (χ1v) is 5.93. The normalized spacial score (nSPS) is 17.9. The van der Waals surface area contributed by atoms with Crippen LogP contribution in [0.4, 0.5) is 11.4 Å². The van der Waals surface area contributed by atoms with Crippen molar-refractivity contribution in [3.63, 3.8) is 0 Å². The molecule has 0 bridgehead atoms. The van der Waals surface area contributed by atoms with E-state index in [0.29, 0.717) is 0 Å². The molecule has 3 rings (SSSR count). The molecule has 0 spiro atoms. The van der Waals surface area contributed by atoms with Gasteiger partial charge in [0, 0.05) is 18.1 Å². The molecule has 1 atom stereocenters. The van der Waals surface area contributed by atoms with Crippen LogP contribution in [-0.2, 0) is 0 Å². The Hall–Kier alpha value is -1.68. The van der Waals surface area contributed by atoms with E-state index in [4.69, 9.17) is 5.73 Å². The van der Waals surface area contributed by atoms with Gasteiger partial charge in [0.15, 0.2) is 0 Å². The number of hydrogen-bond acceptors (Lipinski definition) is 4. The summed E-state index contributed by atoms with van der Waals surface area (Å²) in [7, 11) is 0. The van der Waals surface area contributed by atoms with E-state index in [1.54, 1.807) is 18.0 Å². The largest absolute Gasteiger partial charge is 0.399 e. The SMILES string of the molecule is Nc1cccc(C2Nc3ccncc3S2)c1. The molecule has 0 saturated carbocycles. The second kappa shape index (κ2) is 3.72. The number of nitrogens with one attached hydrogen (secondary N) is 1. The molecule has 1 aromatic carbocycles. The number of rotatable bonds is 1. The number of pyridine rings is 1. The molecule has 1 aromatic heterocycles. The van der Waals surface area contributed by atoms with E-state index in [2.05, 4.69) is 16.4 Å². The molecule has 1 aliphatic heterocycles. The predicted octanol–water partition coefficient (Wildman–Crippen LogP) is 2.88. The van der Waals surface area contributed by atoms with Gasteiger partial charge in [0.1, 0.15) is 5.37 Å². The lowest BCUT2D eigenvalue weighted by atomic mass is 10.2. The highest BCUT2D eigenvalue weighted by molar-refractivity contribution is 8.00. The number of fused-ring (bicyclic) bond motifs is 1. The van der Waals surface area contributed by atoms with Crippen molar-refractivity contribution in [2.75, 3.05) is 11.1 Å². The minimum Gasteiger partial charge on any atom is -0.399 e. The maximum absolute atomic E-state index is 5.78. The average Bonchev–Trinajstić information content (AvgIpc) is 2.72. The Balaban J connectivity index is 1.91. The third-order valence-electron chi connectivity index (χ3n) is 2.53. The predicted molar refractivity (Wildman–Crippen MR) is 67.3 cm³/mol. The first-order chi connectivity index (χ1) is 7.83. The molecule has 3 nitrogen and oxygen atoms in total. The van der Waals surface area contributed by atoms with Crippen molar-refractivity contribution < 1.29 is 0 Å². The summed E-state index contributed by atoms with van der Waals surface area (Å²) in [6.07, 6.45) is 3.69. The van der Waals surface area contributed by atoms with Crippen LogP contribution in [-0.4, -0.2) is 4.98 Å². The topological polar surface area (TPSA) is 50.9 Å². The van der Waals surface area contributed by atoms with Crippen LogP contribution in [0.15, 0.2) is 47.6 Å². The van der Waals surface area contributed by atoms with Gasteiger partial charge in [0.25, 0.3) is 0 Å². The van der Waals surface area contributed by atoms with Gasteiger partial charge in [-0.1, -0.05) is 23.9 Å². The number of aromatic nitrogens is 1. The maximum atomic E-state index is 5.78. The summed E-state index contributed by atoms with van der Waals surface area (Å²) in [5, 5.41) is 3.68. The van der Waals surface area contributed by atoms with Crippen molar-refractivity contribution in [1.29, 1.82) is 0 Å². The molecule has 3 N–H and O–H groups in total. The number of hydrogen-bond donors (Lipinski definition) is 2. The van der Waals surface area contributed by atoms with Crippen molar-refractivity contribution in [3.8, 4) is 0 Å². The van der Waals surface area contributed by atoms with E-state index in [0.717, 1.165) is 11.4 Å². The quantitative estimate of drug-likeness (QED) is 0.738. The number of nitrogen functional groups attached to an aromatic ring is 1. The molecule has 80 valence electrons. The molecule has 0 aliphatic carbocycles. The molecule has 0 saturated heterocycles. The first-order valence-electron chi connectivity index (χ1n) is 5.05. The van der Waals surface area contributed by atoms with Gasteiger partial charge in [-0.3, -0.25) is 4.98 Å². The van der Waals surface area contributed by atoms with E-state index in [-0.39, 0.29) is 5.37 Å². The Bertz CT molecular complexity index is 502. The molecule has 1 unspecified atom stereocenters. The number of thioether (sulfide) groups is 1. The Labute approximate surface area is 98.1 Å². The summed E-state index contributed by atoms with van der Waals surface area (Å²) in [5.41, 5.74) is 8.92.